The Kier molecular flexibility index (Phi) is 9.98. The van der Waals surface area contributed by atoms with Crippen molar-refractivity contribution in [3.05, 3.63) is 58.2 Å². The molecule has 1 aromatic heterocycles. The predicted octanol–water partition coefficient (Wildman–Crippen LogP) is 5.01. The zero-order chi connectivity index (χ0) is 28.2. The Labute approximate surface area is 236 Å². The minimum atomic E-state index is -5.08. The topological polar surface area (TPSA) is 69.1 Å². The van der Waals surface area contributed by atoms with Crippen LogP contribution in [-0.2, 0) is 16.0 Å². The van der Waals surface area contributed by atoms with Crippen LogP contribution in [0.25, 0.3) is 0 Å². The third-order valence-electron chi connectivity index (χ3n) is 7.75. The second kappa shape index (κ2) is 13.0. The van der Waals surface area contributed by atoms with Gasteiger partial charge < -0.3 is 14.7 Å². The first kappa shape index (κ1) is 29.9. The Bertz CT molecular complexity index is 1100. The molecule has 0 bridgehead atoms. The minimum absolute atomic E-state index is 0.367. The summed E-state index contributed by atoms with van der Waals surface area (Å²) >= 11 is 12.3. The molecule has 214 valence electrons. The standard InChI is InChI=1S/C25H32Cl2N4O.C2HF3O2/c1-32-24-14-22-16-31(21-7-10-29(11-8-21)25-13-20(27)6-9-28-25)23(15-30(22)17-24)12-18-2-4-19(26)5-3-18;3-2(4,5)1(6)7/h2-6,9,13,21-24H,7-8,10-12,14-17H2,1H3;(H,6,7)/t22-,23-,24+;/m0./s1. The van der Waals surface area contributed by atoms with Crippen molar-refractivity contribution in [3.63, 3.8) is 0 Å². The summed E-state index contributed by atoms with van der Waals surface area (Å²) in [5.74, 6) is -1.76. The second-order valence-corrected chi connectivity index (χ2v) is 11.1. The molecule has 0 unspecified atom stereocenters. The van der Waals surface area contributed by atoms with Gasteiger partial charge in [0.15, 0.2) is 0 Å². The molecule has 4 heterocycles. The van der Waals surface area contributed by atoms with E-state index in [9.17, 15) is 13.2 Å². The Morgan fingerprint density at radius 3 is 2.31 bits per heavy atom. The van der Waals surface area contributed by atoms with Gasteiger partial charge in [-0.1, -0.05) is 35.3 Å². The number of rotatable bonds is 5. The number of piperidine rings is 1. The van der Waals surface area contributed by atoms with E-state index in [1.165, 1.54) is 5.56 Å². The van der Waals surface area contributed by atoms with Gasteiger partial charge in [-0.2, -0.15) is 13.2 Å². The highest BCUT2D eigenvalue weighted by atomic mass is 35.5. The normalized spacial score (nSPS) is 24.7. The number of hydrogen-bond donors (Lipinski definition) is 1. The lowest BCUT2D eigenvalue weighted by Gasteiger charge is -2.49. The molecule has 0 aliphatic carbocycles. The van der Waals surface area contributed by atoms with Gasteiger partial charge in [-0.3, -0.25) is 9.80 Å². The Morgan fingerprint density at radius 1 is 1.05 bits per heavy atom. The number of ether oxygens (including phenoxy) is 1. The van der Waals surface area contributed by atoms with E-state index in [1.54, 1.807) is 6.20 Å². The number of pyridine rings is 1. The van der Waals surface area contributed by atoms with E-state index in [-0.39, 0.29) is 0 Å². The van der Waals surface area contributed by atoms with Crippen LogP contribution in [0.2, 0.25) is 10.0 Å². The fraction of sp³-hybridized carbons (Fsp3) is 0.556. The molecule has 7 nitrogen and oxygen atoms in total. The Balaban J connectivity index is 0.000000448. The SMILES string of the molecule is CO[C@@H]1C[C@H]2CN(C3CCN(c4cc(Cl)ccn4)CC3)[C@@H](Cc3ccc(Cl)cc3)CN2C1.O=C(O)C(F)(F)F. The van der Waals surface area contributed by atoms with Gasteiger partial charge in [0.2, 0.25) is 0 Å². The number of piperazine rings is 1. The van der Waals surface area contributed by atoms with E-state index < -0.39 is 12.1 Å². The molecular formula is C27H33Cl2F3N4O3. The quantitative estimate of drug-likeness (QED) is 0.526. The van der Waals surface area contributed by atoms with Crippen molar-refractivity contribution in [1.29, 1.82) is 0 Å². The van der Waals surface area contributed by atoms with E-state index >= 15 is 0 Å². The smallest absolute Gasteiger partial charge is 0.475 e. The molecule has 0 saturated carbocycles. The number of alkyl halides is 3. The molecule has 3 aliphatic heterocycles. The average molecular weight is 589 g/mol. The summed E-state index contributed by atoms with van der Waals surface area (Å²) in [6, 6.07) is 13.9. The molecule has 1 aromatic carbocycles. The van der Waals surface area contributed by atoms with Crippen LogP contribution < -0.4 is 4.90 Å². The lowest BCUT2D eigenvalue weighted by molar-refractivity contribution is -0.192. The van der Waals surface area contributed by atoms with Gasteiger partial charge in [0.05, 0.1) is 6.10 Å². The number of carboxylic acids is 1. The molecule has 0 spiro atoms. The summed E-state index contributed by atoms with van der Waals surface area (Å²) < 4.78 is 37.5. The van der Waals surface area contributed by atoms with E-state index in [2.05, 4.69) is 31.8 Å². The van der Waals surface area contributed by atoms with Gasteiger partial charge in [0.1, 0.15) is 5.82 Å². The summed E-state index contributed by atoms with van der Waals surface area (Å²) in [5, 5.41) is 8.68. The van der Waals surface area contributed by atoms with Crippen LogP contribution in [-0.4, -0.2) is 96.1 Å². The monoisotopic (exact) mass is 588 g/mol. The fourth-order valence-corrected chi connectivity index (χ4v) is 6.08. The fourth-order valence-electron chi connectivity index (χ4n) is 5.80. The third kappa shape index (κ3) is 7.98. The first-order valence-electron chi connectivity index (χ1n) is 13.0. The highest BCUT2D eigenvalue weighted by Gasteiger charge is 2.43. The summed E-state index contributed by atoms with van der Waals surface area (Å²) in [6.07, 6.45) is 1.61. The van der Waals surface area contributed by atoms with Crippen molar-refractivity contribution in [2.24, 2.45) is 0 Å². The van der Waals surface area contributed by atoms with Crippen molar-refractivity contribution in [3.8, 4) is 0 Å². The van der Waals surface area contributed by atoms with Crippen molar-refractivity contribution < 1.29 is 27.8 Å². The van der Waals surface area contributed by atoms with E-state index in [0.717, 1.165) is 74.3 Å². The van der Waals surface area contributed by atoms with E-state index in [0.29, 0.717) is 24.2 Å². The van der Waals surface area contributed by atoms with Gasteiger partial charge in [0, 0.05) is 74.2 Å². The summed E-state index contributed by atoms with van der Waals surface area (Å²) in [7, 11) is 1.85. The maximum absolute atomic E-state index is 10.6. The molecule has 0 radical (unpaired) electrons. The zero-order valence-electron chi connectivity index (χ0n) is 21.7. The highest BCUT2D eigenvalue weighted by molar-refractivity contribution is 6.31. The van der Waals surface area contributed by atoms with Crippen LogP contribution in [0.3, 0.4) is 0 Å². The molecule has 2 aromatic rings. The van der Waals surface area contributed by atoms with Crippen molar-refractivity contribution in [2.45, 2.75) is 56.1 Å². The third-order valence-corrected chi connectivity index (χ3v) is 8.24. The van der Waals surface area contributed by atoms with Crippen LogP contribution in [0.5, 0.6) is 0 Å². The molecule has 5 rings (SSSR count). The molecule has 0 amide bonds. The number of benzene rings is 1. The van der Waals surface area contributed by atoms with Crippen LogP contribution in [0.1, 0.15) is 24.8 Å². The number of carbonyl (C=O) groups is 1. The van der Waals surface area contributed by atoms with Crippen LogP contribution in [0.15, 0.2) is 42.6 Å². The molecule has 1 N–H and O–H groups in total. The molecule has 3 aliphatic rings. The first-order valence-corrected chi connectivity index (χ1v) is 13.7. The maximum Gasteiger partial charge on any atom is 0.490 e. The number of aliphatic carboxylic acids is 1. The average Bonchev–Trinajstić information content (AvgIpc) is 3.32. The Hall–Kier alpha value is -2.11. The molecule has 3 saturated heterocycles. The molecular weight excluding hydrogens is 556 g/mol. The van der Waals surface area contributed by atoms with E-state index in [1.807, 2.05) is 31.4 Å². The minimum Gasteiger partial charge on any atom is -0.475 e. The van der Waals surface area contributed by atoms with Gasteiger partial charge in [-0.05, 0) is 55.5 Å². The van der Waals surface area contributed by atoms with Crippen LogP contribution >= 0.6 is 23.2 Å². The molecule has 3 fully saturated rings. The number of halogens is 5. The first-order chi connectivity index (χ1) is 18.5. The number of anilines is 1. The maximum atomic E-state index is 10.6. The van der Waals surface area contributed by atoms with E-state index in [4.69, 9.17) is 37.8 Å². The number of methoxy groups -OCH3 is 1. The zero-order valence-corrected chi connectivity index (χ0v) is 23.2. The molecule has 3 atom stereocenters. The summed E-state index contributed by atoms with van der Waals surface area (Å²) in [4.78, 5) is 21.3. The summed E-state index contributed by atoms with van der Waals surface area (Å²) in [5.41, 5.74) is 1.37. The largest absolute Gasteiger partial charge is 0.490 e. The lowest BCUT2D eigenvalue weighted by atomic mass is 9.94. The van der Waals surface area contributed by atoms with Gasteiger partial charge in [-0.25, -0.2) is 9.78 Å². The van der Waals surface area contributed by atoms with Gasteiger partial charge in [0.25, 0.3) is 0 Å². The second-order valence-electron chi connectivity index (χ2n) is 10.2. The number of fused-ring (bicyclic) bond motifs is 1. The number of aromatic nitrogens is 1. The number of nitrogens with zero attached hydrogens (tertiary/aromatic N) is 4. The predicted molar refractivity (Wildman–Crippen MR) is 145 cm³/mol. The van der Waals surface area contributed by atoms with Crippen LogP contribution in [0, 0.1) is 0 Å². The van der Waals surface area contributed by atoms with Crippen molar-refractivity contribution >= 4 is 35.0 Å². The molecule has 39 heavy (non-hydrogen) atoms. The van der Waals surface area contributed by atoms with Crippen molar-refractivity contribution in [2.75, 3.05) is 44.7 Å². The van der Waals surface area contributed by atoms with Crippen molar-refractivity contribution in [1.82, 2.24) is 14.8 Å². The lowest BCUT2D eigenvalue weighted by Crippen LogP contribution is -2.61. The molecule has 12 heteroatoms. The summed E-state index contributed by atoms with van der Waals surface area (Å²) in [6.45, 7) is 5.36. The number of carboxylic acid groups (broad SMARTS) is 1. The van der Waals surface area contributed by atoms with Crippen LogP contribution in [0.4, 0.5) is 19.0 Å². The van der Waals surface area contributed by atoms with Gasteiger partial charge in [-0.15, -0.1) is 0 Å². The van der Waals surface area contributed by atoms with Gasteiger partial charge >= 0.3 is 12.1 Å². The Morgan fingerprint density at radius 2 is 1.72 bits per heavy atom. The number of hydrogen-bond acceptors (Lipinski definition) is 6. The highest BCUT2D eigenvalue weighted by Crippen LogP contribution is 2.32.